The van der Waals surface area contributed by atoms with Crippen molar-refractivity contribution < 1.29 is 14.2 Å². The molecule has 0 unspecified atom stereocenters. The number of nitrogens with zero attached hydrogens (tertiary/aromatic N) is 6. The average molecular weight is 568 g/mol. The van der Waals surface area contributed by atoms with Crippen LogP contribution in [-0.4, -0.2) is 55.5 Å². The van der Waals surface area contributed by atoms with Gasteiger partial charge in [0.05, 0.1) is 26.2 Å². The summed E-state index contributed by atoms with van der Waals surface area (Å²) in [6.45, 7) is 1.11. The van der Waals surface area contributed by atoms with Crippen LogP contribution >= 0.6 is 15.9 Å². The Labute approximate surface area is 222 Å². The van der Waals surface area contributed by atoms with Crippen LogP contribution < -0.4 is 10.6 Å². The number of rotatable bonds is 10. The quantitative estimate of drug-likeness (QED) is 0.160. The largest absolute Gasteiger partial charge is 0.390 e. The summed E-state index contributed by atoms with van der Waals surface area (Å²) >= 11 is 3.47. The fourth-order valence-electron chi connectivity index (χ4n) is 4.09. The molecule has 2 N–H and O–H groups in total. The number of hydrogen-bond acceptors (Lipinski definition) is 7. The zero-order chi connectivity index (χ0) is 26.6. The SMILES string of the molecule is Cn1cnc([N+](=O)[O-])c1C[N+](C)(C)CCCC(=O)Nc1ccc2ncnc(Nc3cccc(Br)c3)c2c1. The summed E-state index contributed by atoms with van der Waals surface area (Å²) in [6.07, 6.45) is 3.90. The molecule has 11 nitrogen and oxygen atoms in total. The average Bonchev–Trinajstić information content (AvgIpc) is 3.19. The first-order chi connectivity index (χ1) is 17.6. The molecule has 4 aromatic rings. The Kier molecular flexibility index (Phi) is 7.79. The van der Waals surface area contributed by atoms with Crippen LogP contribution in [-0.2, 0) is 18.4 Å². The third-order valence-electron chi connectivity index (χ3n) is 5.96. The number of quaternary nitrogens is 1. The number of carbonyl (C=O) groups is 1. The molecule has 0 spiro atoms. The molecule has 192 valence electrons. The third-order valence-corrected chi connectivity index (χ3v) is 6.45. The van der Waals surface area contributed by atoms with Crippen molar-refractivity contribution >= 4 is 55.8 Å². The standard InChI is InChI=1S/C25H27BrN8O3/c1-32-16-29-25(33(36)37)22(32)14-34(2,3)11-5-8-23(35)30-19-9-10-21-20(13-19)24(28-15-27-21)31-18-7-4-6-17(26)12-18/h4,6-7,9-10,12-13,15-16H,5,8,11,14H2,1-3H3,(H-,27,28,30,31,35)/p+1. The van der Waals surface area contributed by atoms with Gasteiger partial charge in [0.15, 0.2) is 5.69 Å². The number of amides is 1. The lowest BCUT2D eigenvalue weighted by Gasteiger charge is -2.29. The van der Waals surface area contributed by atoms with E-state index >= 15 is 0 Å². The first kappa shape index (κ1) is 26.2. The number of hydrogen-bond donors (Lipinski definition) is 2. The van der Waals surface area contributed by atoms with Crippen LogP contribution in [0.1, 0.15) is 18.5 Å². The zero-order valence-corrected chi connectivity index (χ0v) is 22.4. The molecule has 0 radical (unpaired) electrons. The normalized spacial score (nSPS) is 11.5. The Morgan fingerprint density at radius 3 is 2.70 bits per heavy atom. The molecule has 0 fully saturated rings. The van der Waals surface area contributed by atoms with Gasteiger partial charge in [-0.3, -0.25) is 4.79 Å². The highest BCUT2D eigenvalue weighted by Gasteiger charge is 2.27. The molecule has 4 rings (SSSR count). The van der Waals surface area contributed by atoms with E-state index in [-0.39, 0.29) is 11.7 Å². The predicted molar refractivity (Wildman–Crippen MR) is 145 cm³/mol. The van der Waals surface area contributed by atoms with Crippen LogP contribution in [0.4, 0.5) is 23.0 Å². The molecule has 1 amide bonds. The number of aryl methyl sites for hydroxylation is 1. The van der Waals surface area contributed by atoms with Gasteiger partial charge in [-0.2, -0.15) is 0 Å². The number of aromatic nitrogens is 4. The minimum Gasteiger partial charge on any atom is -0.358 e. The highest BCUT2D eigenvalue weighted by atomic mass is 79.9. The van der Waals surface area contributed by atoms with Gasteiger partial charge in [0.25, 0.3) is 0 Å². The molecule has 0 saturated heterocycles. The molecular formula is C25H28BrN8O3+. The molecular weight excluding hydrogens is 540 g/mol. The van der Waals surface area contributed by atoms with E-state index in [2.05, 4.69) is 41.5 Å². The van der Waals surface area contributed by atoms with Crippen molar-refractivity contribution in [2.45, 2.75) is 19.4 Å². The minimum absolute atomic E-state index is 0.107. The number of fused-ring (bicyclic) bond motifs is 1. The first-order valence-corrected chi connectivity index (χ1v) is 12.4. The molecule has 0 atom stereocenters. The van der Waals surface area contributed by atoms with Crippen LogP contribution in [0.3, 0.4) is 0 Å². The molecule has 12 heteroatoms. The van der Waals surface area contributed by atoms with Crippen molar-refractivity contribution in [3.8, 4) is 0 Å². The van der Waals surface area contributed by atoms with Crippen molar-refractivity contribution in [2.75, 3.05) is 31.3 Å². The third kappa shape index (κ3) is 6.66. The lowest BCUT2D eigenvalue weighted by molar-refractivity contribution is -0.904. The van der Waals surface area contributed by atoms with Crippen LogP contribution in [0.25, 0.3) is 10.9 Å². The van der Waals surface area contributed by atoms with E-state index in [1.165, 1.54) is 12.7 Å². The van der Waals surface area contributed by atoms with Crippen molar-refractivity contribution in [1.29, 1.82) is 0 Å². The van der Waals surface area contributed by atoms with Crippen LogP contribution in [0.2, 0.25) is 0 Å². The van der Waals surface area contributed by atoms with E-state index < -0.39 is 4.92 Å². The summed E-state index contributed by atoms with van der Waals surface area (Å²) in [7, 11) is 5.71. The van der Waals surface area contributed by atoms with Crippen molar-refractivity contribution in [1.82, 2.24) is 19.5 Å². The molecule has 0 aliphatic heterocycles. The maximum Gasteiger partial charge on any atom is 0.390 e. The monoisotopic (exact) mass is 567 g/mol. The van der Waals surface area contributed by atoms with Crippen LogP contribution in [0.5, 0.6) is 0 Å². The molecule has 0 aliphatic rings. The molecule has 2 aromatic carbocycles. The van der Waals surface area contributed by atoms with Crippen molar-refractivity contribution in [3.05, 3.63) is 75.4 Å². The van der Waals surface area contributed by atoms with E-state index in [0.29, 0.717) is 47.6 Å². The maximum atomic E-state index is 12.7. The minimum atomic E-state index is -0.461. The number of nitrogens with one attached hydrogen (secondary N) is 2. The van der Waals surface area contributed by atoms with Gasteiger partial charge < -0.3 is 29.8 Å². The number of imidazole rings is 1. The summed E-state index contributed by atoms with van der Waals surface area (Å²) in [4.78, 5) is 36.1. The second-order valence-corrected chi connectivity index (χ2v) is 10.4. The Morgan fingerprint density at radius 2 is 1.95 bits per heavy atom. The Morgan fingerprint density at radius 1 is 1.14 bits per heavy atom. The van der Waals surface area contributed by atoms with Crippen molar-refractivity contribution in [2.24, 2.45) is 7.05 Å². The van der Waals surface area contributed by atoms with Gasteiger partial charge >= 0.3 is 5.82 Å². The lowest BCUT2D eigenvalue weighted by Crippen LogP contribution is -2.40. The summed E-state index contributed by atoms with van der Waals surface area (Å²) in [5.41, 5.74) is 2.85. The number of benzene rings is 2. The van der Waals surface area contributed by atoms with Gasteiger partial charge in [0, 0.05) is 41.1 Å². The van der Waals surface area contributed by atoms with Gasteiger partial charge in [-0.25, -0.2) is 9.97 Å². The highest BCUT2D eigenvalue weighted by Crippen LogP contribution is 2.27. The van der Waals surface area contributed by atoms with E-state index in [4.69, 9.17) is 0 Å². The van der Waals surface area contributed by atoms with Gasteiger partial charge in [-0.1, -0.05) is 22.0 Å². The van der Waals surface area contributed by atoms with E-state index in [0.717, 1.165) is 21.1 Å². The molecule has 37 heavy (non-hydrogen) atoms. The second kappa shape index (κ2) is 11.0. The Bertz CT molecular complexity index is 1450. The molecule has 0 bridgehead atoms. The molecule has 0 saturated carbocycles. The summed E-state index contributed by atoms with van der Waals surface area (Å²) in [6, 6.07) is 13.3. The Balaban J connectivity index is 1.37. The summed E-state index contributed by atoms with van der Waals surface area (Å²) < 4.78 is 3.11. The van der Waals surface area contributed by atoms with E-state index in [9.17, 15) is 14.9 Å². The number of anilines is 3. The fourth-order valence-corrected chi connectivity index (χ4v) is 4.49. The van der Waals surface area contributed by atoms with Gasteiger partial charge in [0.2, 0.25) is 12.2 Å². The number of carbonyl (C=O) groups excluding carboxylic acids is 1. The highest BCUT2D eigenvalue weighted by molar-refractivity contribution is 9.10. The predicted octanol–water partition coefficient (Wildman–Crippen LogP) is 4.77. The summed E-state index contributed by atoms with van der Waals surface area (Å²) in [5.74, 6) is 0.409. The number of nitro groups is 1. The van der Waals surface area contributed by atoms with E-state index in [1.54, 1.807) is 11.6 Å². The summed E-state index contributed by atoms with van der Waals surface area (Å²) in [5, 5.41) is 18.3. The van der Waals surface area contributed by atoms with Gasteiger partial charge in [0.1, 0.15) is 18.7 Å². The van der Waals surface area contributed by atoms with Crippen molar-refractivity contribution in [3.63, 3.8) is 0 Å². The van der Waals surface area contributed by atoms with Crippen LogP contribution in [0, 0.1) is 10.1 Å². The lowest BCUT2D eigenvalue weighted by atomic mass is 10.2. The fraction of sp³-hybridized carbons (Fsp3) is 0.280. The smallest absolute Gasteiger partial charge is 0.358 e. The van der Waals surface area contributed by atoms with Gasteiger partial charge in [-0.05, 0) is 46.3 Å². The first-order valence-electron chi connectivity index (χ1n) is 11.6. The maximum absolute atomic E-state index is 12.7. The molecule has 2 heterocycles. The number of halogens is 1. The Hall–Kier alpha value is -3.90. The second-order valence-electron chi connectivity index (χ2n) is 9.44. The van der Waals surface area contributed by atoms with Crippen LogP contribution in [0.15, 0.2) is 59.6 Å². The van der Waals surface area contributed by atoms with E-state index in [1.807, 2.05) is 56.6 Å². The molecule has 0 aliphatic carbocycles. The zero-order valence-electron chi connectivity index (χ0n) is 20.8. The molecule has 2 aromatic heterocycles. The topological polar surface area (TPSA) is 128 Å². The van der Waals surface area contributed by atoms with Gasteiger partial charge in [-0.15, -0.1) is 0 Å².